The van der Waals surface area contributed by atoms with Gasteiger partial charge in [-0.2, -0.15) is 0 Å². The fourth-order valence-electron chi connectivity index (χ4n) is 6.40. The van der Waals surface area contributed by atoms with Crippen molar-refractivity contribution in [1.82, 2.24) is 9.88 Å². The van der Waals surface area contributed by atoms with E-state index in [9.17, 15) is 19.1 Å². The molecule has 1 aliphatic carbocycles. The Balaban J connectivity index is 1.30. The zero-order valence-corrected chi connectivity index (χ0v) is 22.6. The number of rotatable bonds is 4. The number of aromatic nitrogens is 1. The molecular formula is C33H29FN2O4. The van der Waals surface area contributed by atoms with Gasteiger partial charge in [-0.25, -0.2) is 14.2 Å². The maximum absolute atomic E-state index is 13.9. The van der Waals surface area contributed by atoms with Crippen LogP contribution in [0.2, 0.25) is 0 Å². The number of amides is 1. The smallest absolute Gasteiger partial charge is 0.335 e. The monoisotopic (exact) mass is 536 g/mol. The topological polar surface area (TPSA) is 83.6 Å². The van der Waals surface area contributed by atoms with Gasteiger partial charge in [-0.1, -0.05) is 62.8 Å². The Morgan fingerprint density at radius 2 is 1.75 bits per heavy atom. The number of hydrogen-bond donors (Lipinski definition) is 1. The first-order valence-corrected chi connectivity index (χ1v) is 13.3. The summed E-state index contributed by atoms with van der Waals surface area (Å²) in [6.07, 6.45) is 5.15. The third-order valence-corrected chi connectivity index (χ3v) is 8.28. The number of fused-ring (bicyclic) bond motifs is 2. The number of allylic oxidation sites excluding steroid dienone is 2. The molecule has 1 aromatic heterocycles. The standard InChI is InChI=1S/C33H29FN2O4/c1-32(2)25(20-8-10-21(11-9-20)31(38)39)14-16-33(3)19-36(17-15-28(32)33)30(37)24-7-5-4-6-23(24)29-35-26-18-22(34)12-13-27(26)40-29/h4-15,18H,16-17,19H2,1-3H3,(H,38,39)/t33-/m1/s1. The van der Waals surface area contributed by atoms with Crippen LogP contribution in [0.1, 0.15) is 53.5 Å². The quantitative estimate of drug-likeness (QED) is 0.278. The third kappa shape index (κ3) is 4.22. The molecule has 1 atom stereocenters. The van der Waals surface area contributed by atoms with Crippen molar-refractivity contribution < 1.29 is 23.5 Å². The first kappa shape index (κ1) is 25.7. The Kier molecular flexibility index (Phi) is 5.98. The summed E-state index contributed by atoms with van der Waals surface area (Å²) in [6.45, 7) is 7.59. The molecule has 0 fully saturated rings. The van der Waals surface area contributed by atoms with Crippen LogP contribution in [0, 0.1) is 16.6 Å². The maximum Gasteiger partial charge on any atom is 0.335 e. The fraction of sp³-hybridized carbons (Fsp3) is 0.242. The summed E-state index contributed by atoms with van der Waals surface area (Å²) in [5.74, 6) is -1.17. The molecular weight excluding hydrogens is 507 g/mol. The van der Waals surface area contributed by atoms with Gasteiger partial charge in [-0.05, 0) is 54.0 Å². The molecule has 0 bridgehead atoms. The predicted molar refractivity (Wildman–Crippen MR) is 151 cm³/mol. The van der Waals surface area contributed by atoms with Crippen molar-refractivity contribution in [2.45, 2.75) is 27.2 Å². The molecule has 7 heteroatoms. The number of benzene rings is 3. The number of carboxylic acids is 1. The van der Waals surface area contributed by atoms with E-state index in [0.717, 1.165) is 17.6 Å². The number of carbonyl (C=O) groups is 2. The second kappa shape index (κ2) is 9.30. The number of hydrogen-bond acceptors (Lipinski definition) is 4. The van der Waals surface area contributed by atoms with E-state index in [-0.39, 0.29) is 28.2 Å². The highest BCUT2D eigenvalue weighted by molar-refractivity contribution is 6.00. The van der Waals surface area contributed by atoms with Crippen LogP contribution in [0.15, 0.2) is 88.9 Å². The molecule has 2 heterocycles. The molecule has 6 nitrogen and oxygen atoms in total. The van der Waals surface area contributed by atoms with Crippen LogP contribution in [0.5, 0.6) is 0 Å². The van der Waals surface area contributed by atoms with Crippen molar-refractivity contribution in [2.24, 2.45) is 10.8 Å². The Labute approximate surface area is 231 Å². The van der Waals surface area contributed by atoms with Crippen molar-refractivity contribution in [3.05, 3.63) is 107 Å². The molecule has 0 radical (unpaired) electrons. The summed E-state index contributed by atoms with van der Waals surface area (Å²) < 4.78 is 19.6. The van der Waals surface area contributed by atoms with E-state index < -0.39 is 11.8 Å². The molecule has 4 aromatic rings. The maximum atomic E-state index is 13.9. The van der Waals surface area contributed by atoms with E-state index in [1.807, 2.05) is 29.2 Å². The molecule has 1 amide bonds. The van der Waals surface area contributed by atoms with E-state index in [0.29, 0.717) is 35.3 Å². The van der Waals surface area contributed by atoms with Crippen LogP contribution in [-0.4, -0.2) is 40.0 Å². The molecule has 0 unspecified atom stereocenters. The molecule has 6 rings (SSSR count). The number of nitrogens with zero attached hydrogens (tertiary/aromatic N) is 2. The van der Waals surface area contributed by atoms with E-state index >= 15 is 0 Å². The average molecular weight is 537 g/mol. The van der Waals surface area contributed by atoms with Gasteiger partial charge in [0.1, 0.15) is 11.3 Å². The van der Waals surface area contributed by atoms with Gasteiger partial charge in [0.15, 0.2) is 5.58 Å². The van der Waals surface area contributed by atoms with Crippen LogP contribution in [0.4, 0.5) is 4.39 Å². The lowest BCUT2D eigenvalue weighted by Gasteiger charge is -2.50. The summed E-state index contributed by atoms with van der Waals surface area (Å²) >= 11 is 0. The number of carbonyl (C=O) groups excluding carboxylic acids is 1. The van der Waals surface area contributed by atoms with Crippen LogP contribution >= 0.6 is 0 Å². The lowest BCUT2D eigenvalue weighted by molar-refractivity contribution is 0.0679. The summed E-state index contributed by atoms with van der Waals surface area (Å²) in [6, 6.07) is 18.4. The number of carboxylic acid groups (broad SMARTS) is 1. The third-order valence-electron chi connectivity index (χ3n) is 8.28. The summed E-state index contributed by atoms with van der Waals surface area (Å²) in [5.41, 5.74) is 5.07. The van der Waals surface area contributed by atoms with Crippen LogP contribution in [0.3, 0.4) is 0 Å². The van der Waals surface area contributed by atoms with Crippen molar-refractivity contribution in [2.75, 3.05) is 13.1 Å². The molecule has 1 aliphatic heterocycles. The Morgan fingerprint density at radius 3 is 2.50 bits per heavy atom. The van der Waals surface area contributed by atoms with Crippen LogP contribution in [-0.2, 0) is 0 Å². The average Bonchev–Trinajstić information content (AvgIpc) is 3.35. The summed E-state index contributed by atoms with van der Waals surface area (Å²) in [5, 5.41) is 9.28. The van der Waals surface area contributed by atoms with Crippen molar-refractivity contribution in [1.29, 1.82) is 0 Å². The van der Waals surface area contributed by atoms with E-state index in [2.05, 4.69) is 37.9 Å². The molecule has 2 aliphatic rings. The second-order valence-electron chi connectivity index (χ2n) is 11.4. The van der Waals surface area contributed by atoms with E-state index in [1.54, 1.807) is 24.3 Å². The minimum atomic E-state index is -0.942. The van der Waals surface area contributed by atoms with E-state index in [1.165, 1.54) is 23.8 Å². The minimum Gasteiger partial charge on any atom is -0.478 e. The molecule has 0 saturated carbocycles. The number of aromatic carboxylic acids is 1. The van der Waals surface area contributed by atoms with Gasteiger partial charge in [0, 0.05) is 35.5 Å². The fourth-order valence-corrected chi connectivity index (χ4v) is 6.40. The summed E-state index contributed by atoms with van der Waals surface area (Å²) in [4.78, 5) is 31.5. The minimum absolute atomic E-state index is 0.114. The Morgan fingerprint density at radius 1 is 1.00 bits per heavy atom. The van der Waals surface area contributed by atoms with Crippen LogP contribution < -0.4 is 0 Å². The molecule has 1 N–H and O–H groups in total. The summed E-state index contributed by atoms with van der Waals surface area (Å²) in [7, 11) is 0. The first-order valence-electron chi connectivity index (χ1n) is 13.3. The number of oxazole rings is 1. The predicted octanol–water partition coefficient (Wildman–Crippen LogP) is 7.23. The molecule has 40 heavy (non-hydrogen) atoms. The van der Waals surface area contributed by atoms with Crippen LogP contribution in [0.25, 0.3) is 28.1 Å². The molecule has 3 aromatic carbocycles. The van der Waals surface area contributed by atoms with Crippen molar-refractivity contribution >= 4 is 28.5 Å². The largest absolute Gasteiger partial charge is 0.478 e. The lowest BCUT2D eigenvalue weighted by atomic mass is 9.58. The Hall–Kier alpha value is -4.52. The molecule has 0 saturated heterocycles. The zero-order chi connectivity index (χ0) is 28.2. The molecule has 0 spiro atoms. The highest BCUT2D eigenvalue weighted by Gasteiger charge is 2.46. The second-order valence-corrected chi connectivity index (χ2v) is 11.4. The van der Waals surface area contributed by atoms with Gasteiger partial charge >= 0.3 is 5.97 Å². The van der Waals surface area contributed by atoms with Crippen molar-refractivity contribution in [3.63, 3.8) is 0 Å². The number of halogens is 1. The Bertz CT molecular complexity index is 1730. The highest BCUT2D eigenvalue weighted by atomic mass is 19.1. The first-order chi connectivity index (χ1) is 19.1. The zero-order valence-electron chi connectivity index (χ0n) is 22.6. The van der Waals surface area contributed by atoms with Crippen molar-refractivity contribution in [3.8, 4) is 11.5 Å². The van der Waals surface area contributed by atoms with E-state index in [4.69, 9.17) is 4.42 Å². The van der Waals surface area contributed by atoms with Gasteiger partial charge in [0.2, 0.25) is 5.89 Å². The normalized spacial score (nSPS) is 20.1. The SMILES string of the molecule is CC1(C)C(c2ccc(C(=O)O)cc2)=CC[C@]2(C)CN(C(=O)c3ccccc3-c3nc4cc(F)ccc4o3)CC=C12. The highest BCUT2D eigenvalue weighted by Crippen LogP contribution is 2.55. The van der Waals surface area contributed by atoms with Gasteiger partial charge in [-0.3, -0.25) is 4.79 Å². The van der Waals surface area contributed by atoms with Gasteiger partial charge in [-0.15, -0.1) is 0 Å². The lowest BCUT2D eigenvalue weighted by Crippen LogP contribution is -2.48. The van der Waals surface area contributed by atoms with Gasteiger partial charge in [0.25, 0.3) is 5.91 Å². The van der Waals surface area contributed by atoms with Gasteiger partial charge in [0.05, 0.1) is 11.1 Å². The molecule has 202 valence electrons. The van der Waals surface area contributed by atoms with Gasteiger partial charge < -0.3 is 14.4 Å².